The SMILES string of the molecule is CCC(C)(CNC(=O)Cn1ccc(=O)[nH]c1=O)C(=O)O. The molecular formula is C12H17N3O5. The van der Waals surface area contributed by atoms with E-state index < -0.39 is 28.5 Å². The fraction of sp³-hybridized carbons (Fsp3) is 0.500. The summed E-state index contributed by atoms with van der Waals surface area (Å²) >= 11 is 0. The highest BCUT2D eigenvalue weighted by Gasteiger charge is 2.31. The van der Waals surface area contributed by atoms with Gasteiger partial charge in [-0.05, 0) is 13.3 Å². The smallest absolute Gasteiger partial charge is 0.328 e. The molecule has 0 bridgehead atoms. The van der Waals surface area contributed by atoms with Gasteiger partial charge in [-0.2, -0.15) is 0 Å². The number of carboxylic acid groups (broad SMARTS) is 1. The number of rotatable bonds is 6. The van der Waals surface area contributed by atoms with Crippen molar-refractivity contribution in [2.24, 2.45) is 5.41 Å². The first kappa shape index (κ1) is 15.7. The summed E-state index contributed by atoms with van der Waals surface area (Å²) in [6, 6.07) is 1.13. The lowest BCUT2D eigenvalue weighted by Crippen LogP contribution is -2.43. The molecule has 8 heteroatoms. The number of carboxylic acids is 1. The molecule has 3 N–H and O–H groups in total. The Bertz CT molecular complexity index is 618. The lowest BCUT2D eigenvalue weighted by atomic mass is 9.88. The van der Waals surface area contributed by atoms with Crippen LogP contribution in [0.15, 0.2) is 21.9 Å². The molecule has 0 radical (unpaired) electrons. The zero-order valence-electron chi connectivity index (χ0n) is 11.3. The number of amides is 1. The predicted molar refractivity (Wildman–Crippen MR) is 70.4 cm³/mol. The fourth-order valence-electron chi connectivity index (χ4n) is 1.42. The largest absolute Gasteiger partial charge is 0.481 e. The lowest BCUT2D eigenvalue weighted by Gasteiger charge is -2.23. The molecule has 0 spiro atoms. The van der Waals surface area contributed by atoms with Gasteiger partial charge >= 0.3 is 11.7 Å². The third-order valence-corrected chi connectivity index (χ3v) is 3.18. The molecule has 110 valence electrons. The van der Waals surface area contributed by atoms with Crippen molar-refractivity contribution in [2.45, 2.75) is 26.8 Å². The number of hydrogen-bond acceptors (Lipinski definition) is 4. The Morgan fingerprint density at radius 2 is 2.10 bits per heavy atom. The van der Waals surface area contributed by atoms with Crippen molar-refractivity contribution in [1.82, 2.24) is 14.9 Å². The van der Waals surface area contributed by atoms with Crippen molar-refractivity contribution in [2.75, 3.05) is 6.54 Å². The van der Waals surface area contributed by atoms with Gasteiger partial charge in [0.05, 0.1) is 5.41 Å². The molecule has 0 aromatic carbocycles. The van der Waals surface area contributed by atoms with Crippen LogP contribution in [0.3, 0.4) is 0 Å². The molecule has 0 aliphatic rings. The van der Waals surface area contributed by atoms with E-state index in [4.69, 9.17) is 5.11 Å². The maximum atomic E-state index is 11.7. The normalized spacial score (nSPS) is 13.5. The van der Waals surface area contributed by atoms with E-state index >= 15 is 0 Å². The van der Waals surface area contributed by atoms with E-state index in [1.165, 1.54) is 13.1 Å². The second-order valence-corrected chi connectivity index (χ2v) is 4.73. The van der Waals surface area contributed by atoms with Crippen LogP contribution in [-0.2, 0) is 16.1 Å². The molecule has 0 aliphatic carbocycles. The molecule has 8 nitrogen and oxygen atoms in total. The van der Waals surface area contributed by atoms with Gasteiger partial charge in [0.2, 0.25) is 5.91 Å². The molecule has 0 saturated heterocycles. The van der Waals surface area contributed by atoms with Gasteiger partial charge in [-0.25, -0.2) is 4.79 Å². The van der Waals surface area contributed by atoms with E-state index in [2.05, 4.69) is 5.32 Å². The molecule has 20 heavy (non-hydrogen) atoms. The van der Waals surface area contributed by atoms with Gasteiger partial charge in [-0.1, -0.05) is 6.92 Å². The van der Waals surface area contributed by atoms with Crippen molar-refractivity contribution < 1.29 is 14.7 Å². The van der Waals surface area contributed by atoms with Crippen LogP contribution in [0.4, 0.5) is 0 Å². The van der Waals surface area contributed by atoms with Gasteiger partial charge in [0.15, 0.2) is 0 Å². The first-order valence-corrected chi connectivity index (χ1v) is 6.08. The van der Waals surface area contributed by atoms with Crippen molar-refractivity contribution >= 4 is 11.9 Å². The average molecular weight is 283 g/mol. The van der Waals surface area contributed by atoms with Crippen LogP contribution in [0, 0.1) is 5.41 Å². The number of carbonyl (C=O) groups excluding carboxylic acids is 1. The number of nitrogens with one attached hydrogen (secondary N) is 2. The number of aliphatic carboxylic acids is 1. The van der Waals surface area contributed by atoms with E-state index in [0.717, 1.165) is 10.6 Å². The summed E-state index contributed by atoms with van der Waals surface area (Å²) in [7, 11) is 0. The van der Waals surface area contributed by atoms with Crippen LogP contribution >= 0.6 is 0 Å². The number of aromatic amines is 1. The van der Waals surface area contributed by atoms with Crippen LogP contribution in [0.2, 0.25) is 0 Å². The number of H-pyrrole nitrogens is 1. The number of nitrogens with zero attached hydrogens (tertiary/aromatic N) is 1. The summed E-state index contributed by atoms with van der Waals surface area (Å²) in [5.74, 6) is -1.50. The minimum absolute atomic E-state index is 0.0320. The second-order valence-electron chi connectivity index (χ2n) is 4.73. The summed E-state index contributed by atoms with van der Waals surface area (Å²) < 4.78 is 1.03. The van der Waals surface area contributed by atoms with Crippen molar-refractivity contribution in [3.05, 3.63) is 33.1 Å². The Morgan fingerprint density at radius 1 is 1.45 bits per heavy atom. The van der Waals surface area contributed by atoms with Crippen LogP contribution in [0.5, 0.6) is 0 Å². The number of hydrogen-bond donors (Lipinski definition) is 3. The maximum Gasteiger partial charge on any atom is 0.328 e. The van der Waals surface area contributed by atoms with E-state index in [1.807, 2.05) is 4.98 Å². The highest BCUT2D eigenvalue weighted by atomic mass is 16.4. The Balaban J connectivity index is 2.67. The van der Waals surface area contributed by atoms with E-state index in [-0.39, 0.29) is 13.1 Å². The third-order valence-electron chi connectivity index (χ3n) is 3.18. The maximum absolute atomic E-state index is 11.7. The highest BCUT2D eigenvalue weighted by molar-refractivity contribution is 5.78. The summed E-state index contributed by atoms with van der Waals surface area (Å²) in [5, 5.41) is 11.5. The number of aromatic nitrogens is 2. The minimum atomic E-state index is -1.05. The van der Waals surface area contributed by atoms with E-state index in [1.54, 1.807) is 6.92 Å². The van der Waals surface area contributed by atoms with Crippen molar-refractivity contribution in [1.29, 1.82) is 0 Å². The van der Waals surface area contributed by atoms with Crippen LogP contribution in [0.25, 0.3) is 0 Å². The summed E-state index contributed by atoms with van der Waals surface area (Å²) in [5.41, 5.74) is -2.29. The molecule has 0 saturated carbocycles. The standard InChI is InChI=1S/C12H17N3O5/c1-3-12(2,10(18)19)7-13-9(17)6-15-5-4-8(16)14-11(15)20/h4-5H,3,6-7H2,1-2H3,(H,13,17)(H,18,19)(H,14,16,20). The minimum Gasteiger partial charge on any atom is -0.481 e. The summed E-state index contributed by atoms with van der Waals surface area (Å²) in [6.45, 7) is 2.93. The van der Waals surface area contributed by atoms with Crippen LogP contribution < -0.4 is 16.6 Å². The number of carbonyl (C=O) groups is 2. The van der Waals surface area contributed by atoms with E-state index in [0.29, 0.717) is 6.42 Å². The molecule has 1 aromatic heterocycles. The second kappa shape index (κ2) is 6.18. The molecule has 1 aromatic rings. The van der Waals surface area contributed by atoms with Crippen LogP contribution in [-0.4, -0.2) is 33.1 Å². The zero-order chi connectivity index (χ0) is 15.3. The Hall–Kier alpha value is -2.38. The topological polar surface area (TPSA) is 121 Å². The van der Waals surface area contributed by atoms with Crippen LogP contribution in [0.1, 0.15) is 20.3 Å². The van der Waals surface area contributed by atoms with Gasteiger partial charge < -0.3 is 10.4 Å². The predicted octanol–water partition coefficient (Wildman–Crippen LogP) is -0.846. The van der Waals surface area contributed by atoms with Gasteiger partial charge in [0.25, 0.3) is 5.56 Å². The summed E-state index contributed by atoms with van der Waals surface area (Å²) in [6.07, 6.45) is 1.57. The lowest BCUT2D eigenvalue weighted by molar-refractivity contribution is -0.148. The summed E-state index contributed by atoms with van der Waals surface area (Å²) in [4.78, 5) is 47.0. The van der Waals surface area contributed by atoms with Crippen molar-refractivity contribution in [3.63, 3.8) is 0 Å². The average Bonchev–Trinajstić information content (AvgIpc) is 2.39. The van der Waals surface area contributed by atoms with Gasteiger partial charge in [-0.15, -0.1) is 0 Å². The molecule has 1 atom stereocenters. The Labute approximate surface area is 114 Å². The first-order chi connectivity index (χ1) is 9.28. The Kier molecular flexibility index (Phi) is 4.84. The van der Waals surface area contributed by atoms with Gasteiger partial charge in [0.1, 0.15) is 6.54 Å². The molecule has 1 unspecified atom stereocenters. The molecule has 0 aliphatic heterocycles. The van der Waals surface area contributed by atoms with Gasteiger partial charge in [-0.3, -0.25) is 23.9 Å². The fourth-order valence-corrected chi connectivity index (χ4v) is 1.42. The molecule has 1 amide bonds. The van der Waals surface area contributed by atoms with Gasteiger partial charge in [0, 0.05) is 18.8 Å². The first-order valence-electron chi connectivity index (χ1n) is 6.08. The Morgan fingerprint density at radius 3 is 2.60 bits per heavy atom. The highest BCUT2D eigenvalue weighted by Crippen LogP contribution is 2.19. The zero-order valence-corrected chi connectivity index (χ0v) is 11.3. The van der Waals surface area contributed by atoms with Crippen molar-refractivity contribution in [3.8, 4) is 0 Å². The monoisotopic (exact) mass is 283 g/mol. The third kappa shape index (κ3) is 3.81. The quantitative estimate of drug-likeness (QED) is 0.628. The molecule has 1 heterocycles. The molecule has 1 rings (SSSR count). The van der Waals surface area contributed by atoms with E-state index in [9.17, 15) is 19.2 Å². The molecular weight excluding hydrogens is 266 g/mol. The molecule has 0 fully saturated rings.